The molecule has 0 spiro atoms. The van der Waals surface area contributed by atoms with Crippen molar-refractivity contribution in [1.82, 2.24) is 10.3 Å². The van der Waals surface area contributed by atoms with Gasteiger partial charge in [0.15, 0.2) is 0 Å². The van der Waals surface area contributed by atoms with Crippen molar-refractivity contribution < 1.29 is 9.53 Å². The molecule has 0 aliphatic rings. The van der Waals surface area contributed by atoms with Crippen LogP contribution in [0.1, 0.15) is 33.3 Å². The first kappa shape index (κ1) is 15.4. The second-order valence-corrected chi connectivity index (χ2v) is 5.12. The van der Waals surface area contributed by atoms with E-state index in [0.717, 1.165) is 5.56 Å². The van der Waals surface area contributed by atoms with Crippen LogP contribution in [0.15, 0.2) is 18.3 Å². The highest BCUT2D eigenvalue weighted by atomic mass is 16.5. The highest BCUT2D eigenvalue weighted by Crippen LogP contribution is 2.15. The smallest absolute Gasteiger partial charge is 0.237 e. The molecule has 0 radical (unpaired) electrons. The quantitative estimate of drug-likeness (QED) is 0.816. The van der Waals surface area contributed by atoms with E-state index in [-0.39, 0.29) is 17.9 Å². The third-order valence-electron chi connectivity index (χ3n) is 2.67. The maximum atomic E-state index is 11.8. The molecule has 0 fully saturated rings. The lowest BCUT2D eigenvalue weighted by atomic mass is 10.1. The summed E-state index contributed by atoms with van der Waals surface area (Å²) in [6, 6.07) is 3.20. The normalized spacial score (nSPS) is 12.6. The zero-order valence-corrected chi connectivity index (χ0v) is 12.0. The van der Waals surface area contributed by atoms with Crippen molar-refractivity contribution in [3.05, 3.63) is 23.9 Å². The van der Waals surface area contributed by atoms with Crippen molar-refractivity contribution in [1.29, 1.82) is 0 Å². The molecular formula is C14H23N3O2. The van der Waals surface area contributed by atoms with Gasteiger partial charge in [-0.3, -0.25) is 4.79 Å². The number of hydrogen-bond acceptors (Lipinski definition) is 4. The van der Waals surface area contributed by atoms with Crippen LogP contribution >= 0.6 is 0 Å². The Balaban J connectivity index is 2.65. The van der Waals surface area contributed by atoms with Crippen LogP contribution in [0.5, 0.6) is 5.88 Å². The number of pyridine rings is 1. The number of ether oxygens (including phenoxy) is 1. The van der Waals surface area contributed by atoms with Gasteiger partial charge < -0.3 is 15.8 Å². The van der Waals surface area contributed by atoms with Crippen LogP contribution in [-0.2, 0) is 11.3 Å². The Kier molecular flexibility index (Phi) is 5.76. The predicted molar refractivity (Wildman–Crippen MR) is 74.7 cm³/mol. The van der Waals surface area contributed by atoms with Gasteiger partial charge in [0.1, 0.15) is 0 Å². The number of nitrogens with one attached hydrogen (secondary N) is 1. The predicted octanol–water partition coefficient (Wildman–Crippen LogP) is 1.47. The number of hydrogen-bond donors (Lipinski definition) is 2. The van der Waals surface area contributed by atoms with Gasteiger partial charge in [-0.15, -0.1) is 0 Å². The average molecular weight is 265 g/mol. The summed E-state index contributed by atoms with van der Waals surface area (Å²) in [5, 5.41) is 2.81. The molecule has 1 aromatic rings. The molecule has 5 nitrogen and oxygen atoms in total. The van der Waals surface area contributed by atoms with Gasteiger partial charge in [-0.1, -0.05) is 19.9 Å². The van der Waals surface area contributed by atoms with Gasteiger partial charge in [-0.05, 0) is 25.8 Å². The van der Waals surface area contributed by atoms with Crippen molar-refractivity contribution in [2.75, 3.05) is 0 Å². The largest absolute Gasteiger partial charge is 0.475 e. The van der Waals surface area contributed by atoms with Crippen LogP contribution in [0.3, 0.4) is 0 Å². The van der Waals surface area contributed by atoms with Gasteiger partial charge >= 0.3 is 0 Å². The van der Waals surface area contributed by atoms with Gasteiger partial charge in [0, 0.05) is 18.3 Å². The molecule has 106 valence electrons. The Bertz CT molecular complexity index is 419. The van der Waals surface area contributed by atoms with Crippen molar-refractivity contribution in [2.24, 2.45) is 11.7 Å². The topological polar surface area (TPSA) is 77.2 Å². The molecule has 1 heterocycles. The van der Waals surface area contributed by atoms with E-state index in [4.69, 9.17) is 10.5 Å². The minimum atomic E-state index is -0.494. The number of carbonyl (C=O) groups excluding carboxylic acids is 1. The summed E-state index contributed by atoms with van der Waals surface area (Å²) < 4.78 is 5.59. The summed E-state index contributed by atoms with van der Waals surface area (Å²) >= 11 is 0. The van der Waals surface area contributed by atoms with Gasteiger partial charge in [0.25, 0.3) is 0 Å². The van der Waals surface area contributed by atoms with Crippen LogP contribution in [0, 0.1) is 5.92 Å². The second-order valence-electron chi connectivity index (χ2n) is 5.12. The van der Waals surface area contributed by atoms with Crippen molar-refractivity contribution in [3.8, 4) is 5.88 Å². The van der Waals surface area contributed by atoms with Crippen LogP contribution < -0.4 is 15.8 Å². The minimum absolute atomic E-state index is 0.0438. The number of carbonyl (C=O) groups is 1. The summed E-state index contributed by atoms with van der Waals surface area (Å²) in [7, 11) is 0. The van der Waals surface area contributed by atoms with E-state index in [1.54, 1.807) is 6.20 Å². The molecule has 0 aromatic carbocycles. The van der Waals surface area contributed by atoms with Gasteiger partial charge in [-0.25, -0.2) is 4.98 Å². The van der Waals surface area contributed by atoms with Crippen LogP contribution in [0.4, 0.5) is 0 Å². The average Bonchev–Trinajstić information content (AvgIpc) is 2.35. The summed E-state index contributed by atoms with van der Waals surface area (Å²) in [6.45, 7) is 8.08. The lowest BCUT2D eigenvalue weighted by Gasteiger charge is -2.17. The first-order valence-electron chi connectivity index (χ1n) is 6.55. The van der Waals surface area contributed by atoms with E-state index in [0.29, 0.717) is 12.4 Å². The molecule has 5 heteroatoms. The standard InChI is InChI=1S/C14H23N3O2/c1-9(2)12(15)13(18)17-8-11-6-5-7-16-14(11)19-10(3)4/h5-7,9-10,12H,8,15H2,1-4H3,(H,17,18). The number of rotatable bonds is 6. The first-order valence-corrected chi connectivity index (χ1v) is 6.55. The molecule has 1 amide bonds. The fraction of sp³-hybridized carbons (Fsp3) is 0.571. The van der Waals surface area contributed by atoms with E-state index in [1.807, 2.05) is 39.8 Å². The molecule has 1 unspecified atom stereocenters. The Morgan fingerprint density at radius 3 is 2.68 bits per heavy atom. The Hall–Kier alpha value is -1.62. The van der Waals surface area contributed by atoms with Gasteiger partial charge in [-0.2, -0.15) is 0 Å². The fourth-order valence-corrected chi connectivity index (χ4v) is 1.49. The summed E-state index contributed by atoms with van der Waals surface area (Å²) in [6.07, 6.45) is 1.71. The molecule has 0 bridgehead atoms. The summed E-state index contributed by atoms with van der Waals surface area (Å²) in [4.78, 5) is 16.0. The van der Waals surface area contributed by atoms with E-state index in [2.05, 4.69) is 10.3 Å². The Morgan fingerprint density at radius 2 is 2.11 bits per heavy atom. The molecule has 0 aliphatic heterocycles. The SMILES string of the molecule is CC(C)Oc1ncccc1CNC(=O)C(N)C(C)C. The number of amides is 1. The lowest BCUT2D eigenvalue weighted by molar-refractivity contribution is -0.123. The first-order chi connectivity index (χ1) is 8.91. The molecule has 0 aliphatic carbocycles. The summed E-state index contributed by atoms with van der Waals surface area (Å²) in [5.74, 6) is 0.505. The van der Waals surface area contributed by atoms with Crippen molar-refractivity contribution >= 4 is 5.91 Å². The van der Waals surface area contributed by atoms with Crippen LogP contribution in [0.2, 0.25) is 0 Å². The summed E-state index contributed by atoms with van der Waals surface area (Å²) in [5.41, 5.74) is 6.63. The maximum Gasteiger partial charge on any atom is 0.237 e. The minimum Gasteiger partial charge on any atom is -0.475 e. The van der Waals surface area contributed by atoms with Gasteiger partial charge in [0.2, 0.25) is 11.8 Å². The number of nitrogens with two attached hydrogens (primary N) is 1. The Morgan fingerprint density at radius 1 is 1.42 bits per heavy atom. The molecule has 0 saturated heterocycles. The molecule has 1 atom stereocenters. The molecule has 1 rings (SSSR count). The Labute approximate surface area is 114 Å². The number of aromatic nitrogens is 1. The molecule has 19 heavy (non-hydrogen) atoms. The maximum absolute atomic E-state index is 11.8. The van der Waals surface area contributed by atoms with Crippen LogP contribution in [-0.4, -0.2) is 23.0 Å². The molecular weight excluding hydrogens is 242 g/mol. The van der Waals surface area contributed by atoms with E-state index < -0.39 is 6.04 Å². The van der Waals surface area contributed by atoms with E-state index in [9.17, 15) is 4.79 Å². The monoisotopic (exact) mass is 265 g/mol. The van der Waals surface area contributed by atoms with Crippen molar-refractivity contribution in [3.63, 3.8) is 0 Å². The zero-order valence-electron chi connectivity index (χ0n) is 12.0. The molecule has 3 N–H and O–H groups in total. The molecule has 0 saturated carbocycles. The van der Waals surface area contributed by atoms with E-state index in [1.165, 1.54) is 0 Å². The van der Waals surface area contributed by atoms with E-state index >= 15 is 0 Å². The number of nitrogens with zero attached hydrogens (tertiary/aromatic N) is 1. The highest BCUT2D eigenvalue weighted by Gasteiger charge is 2.17. The third-order valence-corrected chi connectivity index (χ3v) is 2.67. The third kappa shape index (κ3) is 4.87. The zero-order chi connectivity index (χ0) is 14.4. The highest BCUT2D eigenvalue weighted by molar-refractivity contribution is 5.81. The molecule has 1 aromatic heterocycles. The van der Waals surface area contributed by atoms with Crippen LogP contribution in [0.25, 0.3) is 0 Å². The second kappa shape index (κ2) is 7.09. The fourth-order valence-electron chi connectivity index (χ4n) is 1.49. The van der Waals surface area contributed by atoms with Gasteiger partial charge in [0.05, 0.1) is 12.1 Å². The lowest BCUT2D eigenvalue weighted by Crippen LogP contribution is -2.43. The van der Waals surface area contributed by atoms with Crippen molar-refractivity contribution in [2.45, 2.75) is 46.4 Å².